The second-order valence-corrected chi connectivity index (χ2v) is 7.44. The van der Waals surface area contributed by atoms with Crippen LogP contribution in [0.15, 0.2) is 54.7 Å². The average Bonchev–Trinajstić information content (AvgIpc) is 2.81. The molecule has 1 amide bonds. The van der Waals surface area contributed by atoms with Gasteiger partial charge in [-0.05, 0) is 48.7 Å². The smallest absolute Gasteiger partial charge is 0.246 e. The number of pyridine rings is 1. The third-order valence-electron chi connectivity index (χ3n) is 5.46. The van der Waals surface area contributed by atoms with Gasteiger partial charge in [-0.25, -0.2) is 0 Å². The molecule has 0 unspecified atom stereocenters. The van der Waals surface area contributed by atoms with Gasteiger partial charge >= 0.3 is 0 Å². The molecule has 0 N–H and O–H groups in total. The molecule has 30 heavy (non-hydrogen) atoms. The first kappa shape index (κ1) is 21.5. The summed E-state index contributed by atoms with van der Waals surface area (Å²) in [5.74, 6) is 0.665. The number of piperidine rings is 1. The first-order chi connectivity index (χ1) is 14.7. The van der Waals surface area contributed by atoms with Crippen molar-refractivity contribution in [3.8, 4) is 11.8 Å². The summed E-state index contributed by atoms with van der Waals surface area (Å²) in [5, 5.41) is 8.54. The third kappa shape index (κ3) is 6.43. The van der Waals surface area contributed by atoms with Crippen molar-refractivity contribution in [1.82, 2.24) is 14.8 Å². The molecule has 3 rings (SSSR count). The second-order valence-electron chi connectivity index (χ2n) is 7.44. The fourth-order valence-corrected chi connectivity index (χ4v) is 3.60. The Hall–Kier alpha value is -3.17. The number of likely N-dealkylation sites (N-methyl/N-ethyl adjacent to an activating group) is 1. The van der Waals surface area contributed by atoms with Crippen molar-refractivity contribution < 1.29 is 9.53 Å². The number of likely N-dealkylation sites (tertiary alicyclic amines) is 1. The van der Waals surface area contributed by atoms with Gasteiger partial charge in [-0.2, -0.15) is 5.26 Å². The molecule has 0 atom stereocenters. The Morgan fingerprint density at radius 3 is 2.70 bits per heavy atom. The van der Waals surface area contributed by atoms with Crippen LogP contribution in [0.2, 0.25) is 0 Å². The molecule has 6 nitrogen and oxygen atoms in total. The molecule has 0 aliphatic carbocycles. The lowest BCUT2D eigenvalue weighted by Crippen LogP contribution is -2.45. The number of rotatable bonds is 8. The van der Waals surface area contributed by atoms with Crippen LogP contribution in [0.4, 0.5) is 0 Å². The van der Waals surface area contributed by atoms with Crippen LogP contribution in [0.3, 0.4) is 0 Å². The number of amides is 1. The number of carbonyl (C=O) groups is 1. The van der Waals surface area contributed by atoms with Gasteiger partial charge in [-0.3, -0.25) is 9.78 Å². The molecular weight excluding hydrogens is 376 g/mol. The van der Waals surface area contributed by atoms with Crippen LogP contribution in [-0.4, -0.2) is 60.0 Å². The summed E-state index contributed by atoms with van der Waals surface area (Å²) in [6.45, 7) is 3.04. The molecule has 2 aromatic rings. The number of hydrogen-bond acceptors (Lipinski definition) is 5. The predicted molar refractivity (Wildman–Crippen MR) is 117 cm³/mol. The Labute approximate surface area is 178 Å². The highest BCUT2D eigenvalue weighted by Crippen LogP contribution is 2.17. The van der Waals surface area contributed by atoms with Crippen molar-refractivity contribution in [2.45, 2.75) is 25.3 Å². The van der Waals surface area contributed by atoms with Crippen LogP contribution in [-0.2, 0) is 11.2 Å². The van der Waals surface area contributed by atoms with Gasteiger partial charge in [0, 0.05) is 57.1 Å². The minimum absolute atomic E-state index is 0.0201. The minimum Gasteiger partial charge on any atom is -0.479 e. The standard InChI is InChI=1S/C24H28N4O2/c1-27(24(29)10-7-20-5-8-23(9-6-20)30-19-14-25)22-12-17-28(18-13-22)16-11-21-4-2-3-15-26-21/h2-10,15,22H,11-13,16-19H2,1H3/b10-7+. The van der Waals surface area contributed by atoms with Gasteiger partial charge in [-0.1, -0.05) is 18.2 Å². The maximum Gasteiger partial charge on any atom is 0.246 e. The number of benzene rings is 1. The topological polar surface area (TPSA) is 69.5 Å². The number of carbonyl (C=O) groups excluding carboxylic acids is 1. The van der Waals surface area contributed by atoms with E-state index in [0.717, 1.165) is 50.2 Å². The molecule has 1 fully saturated rings. The van der Waals surface area contributed by atoms with E-state index in [0.29, 0.717) is 5.75 Å². The molecule has 0 saturated carbocycles. The van der Waals surface area contributed by atoms with E-state index in [4.69, 9.17) is 10.00 Å². The van der Waals surface area contributed by atoms with Crippen molar-refractivity contribution in [2.75, 3.05) is 33.3 Å². The maximum absolute atomic E-state index is 12.6. The number of nitrogens with zero attached hydrogens (tertiary/aromatic N) is 4. The molecule has 1 aliphatic rings. The fraction of sp³-hybridized carbons (Fsp3) is 0.375. The SMILES string of the molecule is CN(C(=O)/C=C/c1ccc(OCC#N)cc1)C1CCN(CCc2ccccn2)CC1. The summed E-state index contributed by atoms with van der Waals surface area (Å²) >= 11 is 0. The summed E-state index contributed by atoms with van der Waals surface area (Å²) in [6.07, 6.45) is 8.22. The molecule has 2 heterocycles. The lowest BCUT2D eigenvalue weighted by molar-refractivity contribution is -0.127. The highest BCUT2D eigenvalue weighted by atomic mass is 16.5. The van der Waals surface area contributed by atoms with E-state index in [-0.39, 0.29) is 18.6 Å². The zero-order valence-electron chi connectivity index (χ0n) is 17.4. The van der Waals surface area contributed by atoms with E-state index in [9.17, 15) is 4.79 Å². The molecule has 156 valence electrons. The van der Waals surface area contributed by atoms with Gasteiger partial charge in [0.05, 0.1) is 0 Å². The number of aromatic nitrogens is 1. The predicted octanol–water partition coefficient (Wildman–Crippen LogP) is 3.16. The maximum atomic E-state index is 12.6. The molecule has 1 aromatic heterocycles. The molecule has 1 saturated heterocycles. The van der Waals surface area contributed by atoms with Crippen LogP contribution < -0.4 is 4.74 Å². The lowest BCUT2D eigenvalue weighted by atomic mass is 10.0. The van der Waals surface area contributed by atoms with Crippen LogP contribution >= 0.6 is 0 Å². The Kier molecular flexibility index (Phi) is 7.99. The van der Waals surface area contributed by atoms with Crippen molar-refractivity contribution >= 4 is 12.0 Å². The largest absolute Gasteiger partial charge is 0.479 e. The van der Waals surface area contributed by atoms with Gasteiger partial charge in [0.25, 0.3) is 0 Å². The molecule has 0 bridgehead atoms. The van der Waals surface area contributed by atoms with Gasteiger partial charge < -0.3 is 14.5 Å². The number of ether oxygens (including phenoxy) is 1. The van der Waals surface area contributed by atoms with E-state index in [1.54, 1.807) is 18.2 Å². The van der Waals surface area contributed by atoms with E-state index < -0.39 is 0 Å². The second kappa shape index (κ2) is 11.1. The zero-order chi connectivity index (χ0) is 21.2. The summed E-state index contributed by atoms with van der Waals surface area (Å²) in [6, 6.07) is 15.6. The van der Waals surface area contributed by atoms with Gasteiger partial charge in [-0.15, -0.1) is 0 Å². The molecule has 0 radical (unpaired) electrons. The monoisotopic (exact) mass is 404 g/mol. The quantitative estimate of drug-likeness (QED) is 0.632. The summed E-state index contributed by atoms with van der Waals surface area (Å²) in [4.78, 5) is 21.3. The Balaban J connectivity index is 1.42. The van der Waals surface area contributed by atoms with Gasteiger partial charge in [0.2, 0.25) is 5.91 Å². The van der Waals surface area contributed by atoms with Crippen LogP contribution in [0.25, 0.3) is 6.08 Å². The molecule has 1 aliphatic heterocycles. The van der Waals surface area contributed by atoms with E-state index in [1.807, 2.05) is 54.6 Å². The minimum atomic E-state index is 0.0201. The highest BCUT2D eigenvalue weighted by Gasteiger charge is 2.24. The summed E-state index contributed by atoms with van der Waals surface area (Å²) in [7, 11) is 1.89. The van der Waals surface area contributed by atoms with Crippen LogP contribution in [0.1, 0.15) is 24.1 Å². The molecule has 0 spiro atoms. The van der Waals surface area contributed by atoms with E-state index in [1.165, 1.54) is 0 Å². The van der Waals surface area contributed by atoms with Crippen molar-refractivity contribution in [2.24, 2.45) is 0 Å². The average molecular weight is 405 g/mol. The van der Waals surface area contributed by atoms with Crippen molar-refractivity contribution in [3.63, 3.8) is 0 Å². The van der Waals surface area contributed by atoms with Crippen LogP contribution in [0, 0.1) is 11.3 Å². The Morgan fingerprint density at radius 2 is 2.03 bits per heavy atom. The highest BCUT2D eigenvalue weighted by molar-refractivity contribution is 5.91. The lowest BCUT2D eigenvalue weighted by Gasteiger charge is -2.36. The summed E-state index contributed by atoms with van der Waals surface area (Å²) < 4.78 is 5.24. The molecular formula is C24H28N4O2. The van der Waals surface area contributed by atoms with E-state index in [2.05, 4.69) is 16.0 Å². The van der Waals surface area contributed by atoms with Crippen molar-refractivity contribution in [3.05, 3.63) is 66.0 Å². The first-order valence-electron chi connectivity index (χ1n) is 10.3. The zero-order valence-corrected chi connectivity index (χ0v) is 17.4. The first-order valence-corrected chi connectivity index (χ1v) is 10.3. The van der Waals surface area contributed by atoms with Crippen LogP contribution in [0.5, 0.6) is 5.75 Å². The number of hydrogen-bond donors (Lipinski definition) is 0. The Morgan fingerprint density at radius 1 is 1.27 bits per heavy atom. The summed E-state index contributed by atoms with van der Waals surface area (Å²) in [5.41, 5.74) is 2.05. The third-order valence-corrected chi connectivity index (χ3v) is 5.46. The normalized spacial score (nSPS) is 15.1. The van der Waals surface area contributed by atoms with E-state index >= 15 is 0 Å². The molecule has 6 heteroatoms. The Bertz CT molecular complexity index is 866. The number of nitriles is 1. The van der Waals surface area contributed by atoms with Gasteiger partial charge in [0.15, 0.2) is 6.61 Å². The van der Waals surface area contributed by atoms with Gasteiger partial charge in [0.1, 0.15) is 11.8 Å². The van der Waals surface area contributed by atoms with Crippen molar-refractivity contribution in [1.29, 1.82) is 5.26 Å². The fourth-order valence-electron chi connectivity index (χ4n) is 3.60. The molecule has 1 aromatic carbocycles.